The molecule has 0 atom stereocenters. The zero-order valence-electron chi connectivity index (χ0n) is 19.9. The quantitative estimate of drug-likeness (QED) is 0.361. The van der Waals surface area contributed by atoms with Crippen molar-refractivity contribution in [3.63, 3.8) is 0 Å². The van der Waals surface area contributed by atoms with Crippen LogP contribution in [-0.4, -0.2) is 61.1 Å². The largest absolute Gasteiger partial charge is 0.379 e. The van der Waals surface area contributed by atoms with Crippen molar-refractivity contribution in [3.05, 3.63) is 77.1 Å². The molecule has 0 unspecified atom stereocenters. The minimum absolute atomic E-state index is 0.111. The zero-order valence-corrected chi connectivity index (χ0v) is 19.9. The van der Waals surface area contributed by atoms with E-state index in [9.17, 15) is 9.59 Å². The van der Waals surface area contributed by atoms with Crippen molar-refractivity contribution in [2.24, 2.45) is 0 Å². The fourth-order valence-corrected chi connectivity index (χ4v) is 4.79. The van der Waals surface area contributed by atoms with Crippen molar-refractivity contribution in [1.82, 2.24) is 15.2 Å². The van der Waals surface area contributed by atoms with Gasteiger partial charge in [-0.3, -0.25) is 14.5 Å². The molecule has 1 fully saturated rings. The normalized spacial score (nSPS) is 16.8. The lowest BCUT2D eigenvalue weighted by molar-refractivity contribution is -0.110. The third kappa shape index (κ3) is 4.92. The van der Waals surface area contributed by atoms with Crippen LogP contribution >= 0.6 is 0 Å². The second-order valence-corrected chi connectivity index (χ2v) is 8.90. The minimum atomic E-state index is -0.147. The number of nitrogens with one attached hydrogen (secondary N) is 3. The monoisotopic (exact) mass is 470 g/mol. The van der Waals surface area contributed by atoms with E-state index in [4.69, 9.17) is 4.74 Å². The molecule has 180 valence electrons. The van der Waals surface area contributed by atoms with Gasteiger partial charge in [0.15, 0.2) is 0 Å². The number of hydrogen-bond donors (Lipinski definition) is 3. The number of rotatable bonds is 7. The molecule has 1 saturated heterocycles. The van der Waals surface area contributed by atoms with Gasteiger partial charge in [-0.2, -0.15) is 0 Å². The van der Waals surface area contributed by atoms with Crippen LogP contribution in [0.3, 0.4) is 0 Å². The number of anilines is 1. The van der Waals surface area contributed by atoms with Gasteiger partial charge >= 0.3 is 0 Å². The van der Waals surface area contributed by atoms with Gasteiger partial charge in [-0.25, -0.2) is 0 Å². The van der Waals surface area contributed by atoms with Gasteiger partial charge in [0.05, 0.1) is 24.4 Å². The first kappa shape index (κ1) is 23.1. The Labute approximate surface area is 205 Å². The summed E-state index contributed by atoms with van der Waals surface area (Å²) in [5.41, 5.74) is 6.09. The van der Waals surface area contributed by atoms with Crippen LogP contribution in [0, 0.1) is 6.92 Å². The zero-order chi connectivity index (χ0) is 24.2. The molecule has 7 nitrogen and oxygen atoms in total. The average molecular weight is 471 g/mol. The van der Waals surface area contributed by atoms with Gasteiger partial charge in [-0.15, -0.1) is 0 Å². The van der Waals surface area contributed by atoms with Crippen molar-refractivity contribution >= 4 is 29.2 Å². The Morgan fingerprint density at radius 3 is 2.63 bits per heavy atom. The first-order chi connectivity index (χ1) is 17.1. The van der Waals surface area contributed by atoms with Gasteiger partial charge in [0.25, 0.3) is 11.8 Å². The highest BCUT2D eigenvalue weighted by Crippen LogP contribution is 2.36. The number of carbonyl (C=O) groups excluding carboxylic acids is 2. The Bertz CT molecular complexity index is 1260. The van der Waals surface area contributed by atoms with E-state index in [0.717, 1.165) is 73.0 Å². The van der Waals surface area contributed by atoms with Gasteiger partial charge in [0.1, 0.15) is 0 Å². The van der Waals surface area contributed by atoms with Crippen LogP contribution in [0.1, 0.15) is 33.7 Å². The Kier molecular flexibility index (Phi) is 6.79. The maximum Gasteiger partial charge on any atom is 0.256 e. The van der Waals surface area contributed by atoms with E-state index < -0.39 is 0 Å². The molecule has 0 bridgehead atoms. The van der Waals surface area contributed by atoms with Crippen LogP contribution in [0.15, 0.2) is 54.6 Å². The van der Waals surface area contributed by atoms with Crippen LogP contribution in [0.2, 0.25) is 0 Å². The molecule has 0 aliphatic carbocycles. The summed E-state index contributed by atoms with van der Waals surface area (Å²) in [5.74, 6) is -0.257. The van der Waals surface area contributed by atoms with E-state index in [0.29, 0.717) is 17.7 Å². The maximum absolute atomic E-state index is 13.4. The maximum atomic E-state index is 13.4. The molecule has 3 N–H and O–H groups in total. The summed E-state index contributed by atoms with van der Waals surface area (Å²) in [6, 6.07) is 17.5. The molecular weight excluding hydrogens is 440 g/mol. The SMILES string of the molecule is Cc1[nH]c(C=C2C(=O)Nc3ccccc32)c(-c2ccccc2)c1C(=O)NCCCN1CCOCC1. The molecule has 2 aromatic carbocycles. The molecule has 0 radical (unpaired) electrons. The fraction of sp³-hybridized carbons (Fsp3) is 0.286. The molecule has 0 saturated carbocycles. The molecule has 7 heteroatoms. The Balaban J connectivity index is 1.43. The Morgan fingerprint density at radius 1 is 1.09 bits per heavy atom. The molecule has 35 heavy (non-hydrogen) atoms. The summed E-state index contributed by atoms with van der Waals surface area (Å²) in [5, 5.41) is 6.02. The second kappa shape index (κ2) is 10.3. The molecule has 1 aromatic heterocycles. The van der Waals surface area contributed by atoms with Crippen LogP contribution in [0.4, 0.5) is 5.69 Å². The van der Waals surface area contributed by atoms with Crippen molar-refractivity contribution in [1.29, 1.82) is 0 Å². The predicted octanol–water partition coefficient (Wildman–Crippen LogP) is 3.93. The van der Waals surface area contributed by atoms with Crippen LogP contribution in [-0.2, 0) is 9.53 Å². The summed E-state index contributed by atoms with van der Waals surface area (Å²) in [7, 11) is 0. The standard InChI is InChI=1S/C28H30N4O3/c1-19-25(28(34)29-12-7-13-32-14-16-35-17-15-32)26(20-8-3-2-4-9-20)24(30-19)18-22-21-10-5-6-11-23(21)31-27(22)33/h2-6,8-11,18,30H,7,12-17H2,1H3,(H,29,34)(H,31,33). The highest BCUT2D eigenvalue weighted by Gasteiger charge is 2.26. The number of H-pyrrole nitrogens is 1. The highest BCUT2D eigenvalue weighted by molar-refractivity contribution is 6.35. The molecular formula is C28H30N4O3. The van der Waals surface area contributed by atoms with E-state index in [1.54, 1.807) is 0 Å². The lowest BCUT2D eigenvalue weighted by Gasteiger charge is -2.26. The Morgan fingerprint density at radius 2 is 1.83 bits per heavy atom. The number of carbonyl (C=O) groups is 2. The summed E-state index contributed by atoms with van der Waals surface area (Å²) < 4.78 is 5.40. The van der Waals surface area contributed by atoms with Gasteiger partial charge in [-0.1, -0.05) is 48.5 Å². The van der Waals surface area contributed by atoms with Crippen LogP contribution < -0.4 is 10.6 Å². The van der Waals surface area contributed by atoms with E-state index in [-0.39, 0.29) is 11.8 Å². The second-order valence-electron chi connectivity index (χ2n) is 8.90. The lowest BCUT2D eigenvalue weighted by Crippen LogP contribution is -2.38. The molecule has 2 amide bonds. The molecule has 2 aliphatic heterocycles. The van der Waals surface area contributed by atoms with Crippen molar-refractivity contribution in [2.75, 3.05) is 44.7 Å². The number of aromatic amines is 1. The number of amides is 2. The number of para-hydroxylation sites is 1. The molecule has 3 heterocycles. The summed E-state index contributed by atoms with van der Waals surface area (Å²) in [4.78, 5) is 31.8. The van der Waals surface area contributed by atoms with Crippen LogP contribution in [0.5, 0.6) is 0 Å². The smallest absolute Gasteiger partial charge is 0.256 e. The van der Waals surface area contributed by atoms with Gasteiger partial charge in [0.2, 0.25) is 0 Å². The number of hydrogen-bond acceptors (Lipinski definition) is 4. The van der Waals surface area contributed by atoms with Gasteiger partial charge in [-0.05, 0) is 37.6 Å². The van der Waals surface area contributed by atoms with E-state index >= 15 is 0 Å². The lowest BCUT2D eigenvalue weighted by atomic mass is 9.97. The predicted molar refractivity (Wildman–Crippen MR) is 138 cm³/mol. The van der Waals surface area contributed by atoms with Crippen molar-refractivity contribution in [2.45, 2.75) is 13.3 Å². The first-order valence-corrected chi connectivity index (χ1v) is 12.1. The average Bonchev–Trinajstić information content (AvgIpc) is 3.38. The minimum Gasteiger partial charge on any atom is -0.379 e. The fourth-order valence-electron chi connectivity index (χ4n) is 4.79. The van der Waals surface area contributed by atoms with E-state index in [1.807, 2.05) is 67.6 Å². The summed E-state index contributed by atoms with van der Waals surface area (Å²) in [6.07, 6.45) is 2.73. The molecule has 5 rings (SSSR count). The van der Waals surface area contributed by atoms with E-state index in [1.165, 1.54) is 0 Å². The number of ether oxygens (including phenoxy) is 1. The summed E-state index contributed by atoms with van der Waals surface area (Å²) in [6.45, 7) is 6.87. The summed E-state index contributed by atoms with van der Waals surface area (Å²) >= 11 is 0. The number of fused-ring (bicyclic) bond motifs is 1. The number of benzene rings is 2. The van der Waals surface area contributed by atoms with E-state index in [2.05, 4.69) is 20.5 Å². The molecule has 2 aliphatic rings. The van der Waals surface area contributed by atoms with Crippen molar-refractivity contribution < 1.29 is 14.3 Å². The first-order valence-electron chi connectivity index (χ1n) is 12.1. The number of morpholine rings is 1. The Hall–Kier alpha value is -3.68. The van der Waals surface area contributed by atoms with Gasteiger partial charge < -0.3 is 20.4 Å². The topological polar surface area (TPSA) is 86.5 Å². The molecule has 3 aromatic rings. The third-order valence-electron chi connectivity index (χ3n) is 6.55. The third-order valence-corrected chi connectivity index (χ3v) is 6.55. The highest BCUT2D eigenvalue weighted by atomic mass is 16.5. The van der Waals surface area contributed by atoms with Gasteiger partial charge in [0, 0.05) is 47.8 Å². The number of aromatic nitrogens is 1. The van der Waals surface area contributed by atoms with Crippen molar-refractivity contribution in [3.8, 4) is 11.1 Å². The molecule has 0 spiro atoms. The van der Waals surface area contributed by atoms with Crippen LogP contribution in [0.25, 0.3) is 22.8 Å². The number of aryl methyl sites for hydroxylation is 1. The number of nitrogens with zero attached hydrogens (tertiary/aromatic N) is 1.